The average Bonchev–Trinajstić information content (AvgIpc) is 3.19. The first kappa shape index (κ1) is 25.2. The fourth-order valence-electron chi connectivity index (χ4n) is 3.36. The zero-order valence-electron chi connectivity index (χ0n) is 19.3. The number of anilines is 1. The van der Waals surface area contributed by atoms with E-state index in [1.54, 1.807) is 12.1 Å². The van der Waals surface area contributed by atoms with E-state index in [0.717, 1.165) is 15.7 Å². The number of ether oxygens (including phenoxy) is 1. The summed E-state index contributed by atoms with van der Waals surface area (Å²) in [5, 5.41) is 12.3. The van der Waals surface area contributed by atoms with Crippen LogP contribution in [-0.4, -0.2) is 26.4 Å². The van der Waals surface area contributed by atoms with Gasteiger partial charge in [-0.15, -0.1) is 10.2 Å². The Hall–Kier alpha value is -2.39. The van der Waals surface area contributed by atoms with E-state index < -0.39 is 6.10 Å². The van der Waals surface area contributed by atoms with Crippen LogP contribution < -0.4 is 10.1 Å². The molecular formula is C24H28BrFN4O2S. The highest BCUT2D eigenvalue weighted by atomic mass is 79.9. The molecule has 0 aliphatic carbocycles. The molecule has 1 unspecified atom stereocenters. The smallest absolute Gasteiger partial charge is 0.234 e. The molecule has 0 spiro atoms. The molecule has 3 aromatic rings. The van der Waals surface area contributed by atoms with Gasteiger partial charge in [0.2, 0.25) is 5.91 Å². The van der Waals surface area contributed by atoms with Crippen LogP contribution in [0.1, 0.15) is 64.1 Å². The van der Waals surface area contributed by atoms with Crippen molar-refractivity contribution in [3.8, 4) is 5.75 Å². The van der Waals surface area contributed by atoms with E-state index in [9.17, 15) is 9.18 Å². The number of hydrogen-bond acceptors (Lipinski definition) is 5. The first-order valence-corrected chi connectivity index (χ1v) is 12.5. The van der Waals surface area contributed by atoms with Crippen molar-refractivity contribution in [3.05, 3.63) is 64.1 Å². The van der Waals surface area contributed by atoms with Crippen LogP contribution in [0.5, 0.6) is 5.75 Å². The number of thioether (sulfide) groups is 1. The lowest BCUT2D eigenvalue weighted by molar-refractivity contribution is -0.113. The Labute approximate surface area is 206 Å². The normalized spacial score (nSPS) is 12.3. The summed E-state index contributed by atoms with van der Waals surface area (Å²) < 4.78 is 22.0. The van der Waals surface area contributed by atoms with Crippen LogP contribution in [-0.2, 0) is 4.79 Å². The monoisotopic (exact) mass is 534 g/mol. The summed E-state index contributed by atoms with van der Waals surface area (Å²) in [6.45, 7) is 10.1. The molecule has 0 radical (unpaired) electrons. The highest BCUT2D eigenvalue weighted by Crippen LogP contribution is 2.30. The third-order valence-corrected chi connectivity index (χ3v) is 6.38. The minimum Gasteiger partial charge on any atom is -0.483 e. The predicted octanol–water partition coefficient (Wildman–Crippen LogP) is 6.75. The SMILES string of the molecule is CC(C)c1cc(Br)ccc1NC(=O)CSc1nnc(C(C)Oc2ccc(F)cc2)n1C(C)C. The number of hydrogen-bond donors (Lipinski definition) is 1. The second-order valence-electron chi connectivity index (χ2n) is 8.24. The summed E-state index contributed by atoms with van der Waals surface area (Å²) in [5.41, 5.74) is 1.88. The van der Waals surface area contributed by atoms with E-state index in [1.807, 2.05) is 43.5 Å². The molecule has 1 heterocycles. The van der Waals surface area contributed by atoms with Crippen molar-refractivity contribution in [2.75, 3.05) is 11.1 Å². The Morgan fingerprint density at radius 3 is 2.45 bits per heavy atom. The molecule has 2 aromatic carbocycles. The number of nitrogens with one attached hydrogen (secondary N) is 1. The molecule has 0 saturated heterocycles. The summed E-state index contributed by atoms with van der Waals surface area (Å²) in [6.07, 6.45) is -0.398. The highest BCUT2D eigenvalue weighted by molar-refractivity contribution is 9.10. The van der Waals surface area contributed by atoms with E-state index in [0.29, 0.717) is 16.7 Å². The molecule has 3 rings (SSSR count). The van der Waals surface area contributed by atoms with E-state index in [-0.39, 0.29) is 29.4 Å². The molecule has 9 heteroatoms. The average molecular weight is 535 g/mol. The highest BCUT2D eigenvalue weighted by Gasteiger charge is 2.22. The predicted molar refractivity (Wildman–Crippen MR) is 133 cm³/mol. The van der Waals surface area contributed by atoms with Crippen molar-refractivity contribution in [2.45, 2.75) is 57.8 Å². The molecular weight excluding hydrogens is 507 g/mol. The van der Waals surface area contributed by atoms with Crippen molar-refractivity contribution in [3.63, 3.8) is 0 Å². The molecule has 33 heavy (non-hydrogen) atoms. The van der Waals surface area contributed by atoms with Crippen molar-refractivity contribution >= 4 is 39.3 Å². The van der Waals surface area contributed by atoms with Crippen LogP contribution in [0, 0.1) is 5.82 Å². The second-order valence-corrected chi connectivity index (χ2v) is 10.1. The topological polar surface area (TPSA) is 69.0 Å². The molecule has 0 saturated carbocycles. The number of nitrogens with zero attached hydrogens (tertiary/aromatic N) is 3. The first-order valence-electron chi connectivity index (χ1n) is 10.7. The van der Waals surface area contributed by atoms with Crippen molar-refractivity contribution in [1.82, 2.24) is 14.8 Å². The zero-order valence-corrected chi connectivity index (χ0v) is 21.7. The van der Waals surface area contributed by atoms with Gasteiger partial charge in [0.15, 0.2) is 17.1 Å². The summed E-state index contributed by atoms with van der Waals surface area (Å²) >= 11 is 4.82. The molecule has 176 valence electrons. The van der Waals surface area contributed by atoms with Gasteiger partial charge in [0, 0.05) is 16.2 Å². The van der Waals surface area contributed by atoms with Crippen LogP contribution in [0.2, 0.25) is 0 Å². The van der Waals surface area contributed by atoms with Crippen molar-refractivity contribution in [2.24, 2.45) is 0 Å². The molecule has 1 N–H and O–H groups in total. The van der Waals surface area contributed by atoms with Gasteiger partial charge in [0.25, 0.3) is 0 Å². The van der Waals surface area contributed by atoms with E-state index in [1.165, 1.54) is 23.9 Å². The summed E-state index contributed by atoms with van der Waals surface area (Å²) in [5.74, 6) is 1.24. The van der Waals surface area contributed by atoms with Gasteiger partial charge in [-0.3, -0.25) is 4.79 Å². The van der Waals surface area contributed by atoms with Crippen LogP contribution in [0.25, 0.3) is 0 Å². The molecule has 1 aromatic heterocycles. The van der Waals surface area contributed by atoms with Gasteiger partial charge in [-0.1, -0.05) is 41.5 Å². The van der Waals surface area contributed by atoms with E-state index >= 15 is 0 Å². The van der Waals surface area contributed by atoms with Gasteiger partial charge < -0.3 is 14.6 Å². The number of rotatable bonds is 9. The van der Waals surface area contributed by atoms with E-state index in [2.05, 4.69) is 45.3 Å². The molecule has 0 bridgehead atoms. The van der Waals surface area contributed by atoms with Crippen LogP contribution in [0.4, 0.5) is 10.1 Å². The quantitative estimate of drug-likeness (QED) is 0.307. The van der Waals surface area contributed by atoms with Crippen molar-refractivity contribution in [1.29, 1.82) is 0 Å². The molecule has 0 aliphatic rings. The number of aromatic nitrogens is 3. The second kappa shape index (κ2) is 11.2. The number of halogens is 2. The minimum absolute atomic E-state index is 0.0684. The Morgan fingerprint density at radius 2 is 1.82 bits per heavy atom. The van der Waals surface area contributed by atoms with Gasteiger partial charge in [0.1, 0.15) is 11.6 Å². The maximum absolute atomic E-state index is 13.2. The van der Waals surface area contributed by atoms with Gasteiger partial charge in [-0.05, 0) is 74.7 Å². The minimum atomic E-state index is -0.398. The van der Waals surface area contributed by atoms with Gasteiger partial charge >= 0.3 is 0 Å². The number of carbonyl (C=O) groups is 1. The van der Waals surface area contributed by atoms with Crippen LogP contribution in [0.3, 0.4) is 0 Å². The standard InChI is InChI=1S/C24H28BrFN4O2S/c1-14(2)20-12-17(25)6-11-21(20)27-22(31)13-33-24-29-28-23(30(24)15(3)4)16(5)32-19-9-7-18(26)8-10-19/h6-12,14-16H,13H2,1-5H3,(H,27,31). The van der Waals surface area contributed by atoms with E-state index in [4.69, 9.17) is 4.74 Å². The lowest BCUT2D eigenvalue weighted by Crippen LogP contribution is -2.17. The third kappa shape index (κ3) is 6.57. The Kier molecular flexibility index (Phi) is 8.53. The number of carbonyl (C=O) groups excluding carboxylic acids is 1. The molecule has 0 aliphatic heterocycles. The Balaban J connectivity index is 1.69. The van der Waals surface area contributed by atoms with Gasteiger partial charge in [-0.25, -0.2) is 4.39 Å². The number of amides is 1. The molecule has 1 atom stereocenters. The fourth-order valence-corrected chi connectivity index (χ4v) is 4.61. The fraction of sp³-hybridized carbons (Fsp3) is 0.375. The maximum atomic E-state index is 13.2. The number of benzene rings is 2. The third-order valence-electron chi connectivity index (χ3n) is 4.94. The zero-order chi connectivity index (χ0) is 24.1. The van der Waals surface area contributed by atoms with Crippen molar-refractivity contribution < 1.29 is 13.9 Å². The summed E-state index contributed by atoms with van der Waals surface area (Å²) in [4.78, 5) is 12.7. The lowest BCUT2D eigenvalue weighted by atomic mass is 10.0. The van der Waals surface area contributed by atoms with Crippen LogP contribution >= 0.6 is 27.7 Å². The maximum Gasteiger partial charge on any atom is 0.234 e. The molecule has 6 nitrogen and oxygen atoms in total. The molecule has 1 amide bonds. The largest absolute Gasteiger partial charge is 0.483 e. The Morgan fingerprint density at radius 1 is 1.12 bits per heavy atom. The van der Waals surface area contributed by atoms with Gasteiger partial charge in [-0.2, -0.15) is 0 Å². The summed E-state index contributed by atoms with van der Waals surface area (Å²) in [7, 11) is 0. The lowest BCUT2D eigenvalue weighted by Gasteiger charge is -2.19. The van der Waals surface area contributed by atoms with Gasteiger partial charge in [0.05, 0.1) is 5.75 Å². The Bertz CT molecular complexity index is 1100. The van der Waals surface area contributed by atoms with Crippen LogP contribution in [0.15, 0.2) is 52.1 Å². The summed E-state index contributed by atoms with van der Waals surface area (Å²) in [6, 6.07) is 11.8. The molecule has 0 fully saturated rings. The first-order chi connectivity index (χ1) is 15.7.